The second-order valence-corrected chi connectivity index (χ2v) is 7.36. The van der Waals surface area contributed by atoms with E-state index in [1.165, 1.54) is 62.0 Å². The molecule has 2 aromatic carbocycles. The molecule has 27 heavy (non-hydrogen) atoms. The number of aryl methyl sites for hydroxylation is 1. The molecular weight excluding hydrogens is 376 g/mol. The number of carboxylic acids is 1. The lowest BCUT2D eigenvalue weighted by Crippen LogP contribution is -2.38. The first-order valence-electron chi connectivity index (χ1n) is 7.65. The Balaban J connectivity index is 2.69. The van der Waals surface area contributed by atoms with Gasteiger partial charge < -0.3 is 9.84 Å². The van der Waals surface area contributed by atoms with Crippen molar-refractivity contribution in [3.05, 3.63) is 53.6 Å². The minimum Gasteiger partial charge on any atom is -0.497 e. The van der Waals surface area contributed by atoms with Crippen molar-refractivity contribution in [2.45, 2.75) is 11.8 Å². The fraction of sp³-hybridized carbons (Fsp3) is 0.176. The molecule has 2 aromatic rings. The number of hydroxylamine groups is 1. The number of hydrogen-bond donors (Lipinski definition) is 3. The van der Waals surface area contributed by atoms with E-state index < -0.39 is 28.4 Å². The fourth-order valence-electron chi connectivity index (χ4n) is 2.52. The quantitative estimate of drug-likeness (QED) is 0.477. The van der Waals surface area contributed by atoms with Gasteiger partial charge in [-0.1, -0.05) is 12.1 Å². The summed E-state index contributed by atoms with van der Waals surface area (Å²) in [7, 11) is -2.90. The third-order valence-electron chi connectivity index (χ3n) is 3.76. The lowest BCUT2D eigenvalue weighted by atomic mass is 10.1. The monoisotopic (exact) mass is 394 g/mol. The standard InChI is InChI=1S/C17H18N2O7S/c1-11-4-3-5-14(17(22)18-23)16(11)19(10-15(20)21)27(24,25)13-8-6-12(26-2)7-9-13/h3-9,23H,10H2,1-2H3,(H,18,22)(H,20,21). The van der Waals surface area contributed by atoms with Crippen molar-refractivity contribution in [2.24, 2.45) is 0 Å². The molecule has 1 amide bonds. The van der Waals surface area contributed by atoms with E-state index in [1.54, 1.807) is 0 Å². The van der Waals surface area contributed by atoms with E-state index in [2.05, 4.69) is 0 Å². The zero-order valence-corrected chi connectivity index (χ0v) is 15.4. The Labute approximate surface area is 155 Å². The topological polar surface area (TPSA) is 133 Å². The van der Waals surface area contributed by atoms with E-state index in [-0.39, 0.29) is 16.1 Å². The maximum Gasteiger partial charge on any atom is 0.324 e. The van der Waals surface area contributed by atoms with Crippen molar-refractivity contribution in [3.63, 3.8) is 0 Å². The van der Waals surface area contributed by atoms with E-state index >= 15 is 0 Å². The van der Waals surface area contributed by atoms with Gasteiger partial charge >= 0.3 is 5.97 Å². The van der Waals surface area contributed by atoms with E-state index in [0.29, 0.717) is 15.6 Å². The number of nitrogens with zero attached hydrogens (tertiary/aromatic N) is 1. The molecule has 0 aromatic heterocycles. The predicted molar refractivity (Wildman–Crippen MR) is 95.6 cm³/mol. The lowest BCUT2D eigenvalue weighted by molar-refractivity contribution is -0.135. The lowest BCUT2D eigenvalue weighted by Gasteiger charge is -2.26. The van der Waals surface area contributed by atoms with Crippen molar-refractivity contribution in [3.8, 4) is 5.75 Å². The van der Waals surface area contributed by atoms with Gasteiger partial charge in [0.1, 0.15) is 12.3 Å². The van der Waals surface area contributed by atoms with Gasteiger partial charge in [0.15, 0.2) is 0 Å². The number of anilines is 1. The predicted octanol–water partition coefficient (Wildman–Crippen LogP) is 1.40. The maximum absolute atomic E-state index is 13.1. The maximum atomic E-state index is 13.1. The van der Waals surface area contributed by atoms with Crippen LogP contribution in [0.2, 0.25) is 0 Å². The van der Waals surface area contributed by atoms with Crippen LogP contribution in [0.5, 0.6) is 5.75 Å². The molecule has 0 atom stereocenters. The van der Waals surface area contributed by atoms with Crippen LogP contribution >= 0.6 is 0 Å². The number of sulfonamides is 1. The first-order valence-corrected chi connectivity index (χ1v) is 9.09. The molecule has 0 radical (unpaired) electrons. The summed E-state index contributed by atoms with van der Waals surface area (Å²) in [5.41, 5.74) is 1.46. The number of carboxylic acid groups (broad SMARTS) is 1. The number of hydrogen-bond acceptors (Lipinski definition) is 6. The highest BCUT2D eigenvalue weighted by Gasteiger charge is 2.31. The molecule has 0 spiro atoms. The summed E-state index contributed by atoms with van der Waals surface area (Å²) in [6.07, 6.45) is 0. The molecule has 0 bridgehead atoms. The summed E-state index contributed by atoms with van der Waals surface area (Å²) >= 11 is 0. The van der Waals surface area contributed by atoms with Gasteiger partial charge in [0, 0.05) is 0 Å². The Hall–Kier alpha value is -3.11. The summed E-state index contributed by atoms with van der Waals surface area (Å²) in [6.45, 7) is 0.618. The second kappa shape index (κ2) is 8.06. The van der Waals surface area contributed by atoms with Crippen LogP contribution in [0.3, 0.4) is 0 Å². The zero-order valence-electron chi connectivity index (χ0n) is 14.5. The van der Waals surface area contributed by atoms with Crippen molar-refractivity contribution < 1.29 is 33.1 Å². The van der Waals surface area contributed by atoms with Crippen molar-refractivity contribution in [1.82, 2.24) is 5.48 Å². The van der Waals surface area contributed by atoms with Gasteiger partial charge in [-0.15, -0.1) is 0 Å². The van der Waals surface area contributed by atoms with Crippen LogP contribution in [-0.4, -0.2) is 44.3 Å². The van der Waals surface area contributed by atoms with Crippen LogP contribution in [0.25, 0.3) is 0 Å². The highest BCUT2D eigenvalue weighted by atomic mass is 32.2. The molecular formula is C17H18N2O7S. The van der Waals surface area contributed by atoms with Gasteiger partial charge in [-0.3, -0.25) is 19.1 Å². The molecule has 0 fully saturated rings. The van der Waals surface area contributed by atoms with Gasteiger partial charge in [-0.2, -0.15) is 0 Å². The number of methoxy groups -OCH3 is 1. The van der Waals surface area contributed by atoms with E-state index in [4.69, 9.17) is 9.94 Å². The Kier molecular flexibility index (Phi) is 6.03. The largest absolute Gasteiger partial charge is 0.497 e. The summed E-state index contributed by atoms with van der Waals surface area (Å²) in [6, 6.07) is 9.69. The smallest absolute Gasteiger partial charge is 0.324 e. The van der Waals surface area contributed by atoms with Gasteiger partial charge in [0.25, 0.3) is 15.9 Å². The third kappa shape index (κ3) is 4.18. The SMILES string of the molecule is COc1ccc(S(=O)(=O)N(CC(=O)O)c2c(C)cccc2C(=O)NO)cc1. The van der Waals surface area contributed by atoms with Crippen molar-refractivity contribution in [2.75, 3.05) is 18.0 Å². The first-order chi connectivity index (χ1) is 12.7. The minimum atomic E-state index is -4.33. The zero-order chi connectivity index (χ0) is 20.2. The van der Waals surface area contributed by atoms with E-state index in [9.17, 15) is 23.1 Å². The molecule has 0 aliphatic rings. The van der Waals surface area contributed by atoms with E-state index in [0.717, 1.165) is 0 Å². The summed E-state index contributed by atoms with van der Waals surface area (Å²) < 4.78 is 31.8. The number of carbonyl (C=O) groups excluding carboxylic acids is 1. The van der Waals surface area contributed by atoms with E-state index in [1.807, 2.05) is 0 Å². The molecule has 0 heterocycles. The van der Waals surface area contributed by atoms with Gasteiger partial charge in [0.2, 0.25) is 0 Å². The number of para-hydroxylation sites is 1. The highest BCUT2D eigenvalue weighted by Crippen LogP contribution is 2.31. The molecule has 0 aliphatic heterocycles. The first kappa shape index (κ1) is 20.2. The molecule has 3 N–H and O–H groups in total. The number of benzene rings is 2. The molecule has 144 valence electrons. The molecule has 9 nitrogen and oxygen atoms in total. The Morgan fingerprint density at radius 2 is 1.78 bits per heavy atom. The number of amides is 1. The molecule has 0 unspecified atom stereocenters. The number of ether oxygens (including phenoxy) is 1. The number of aliphatic carboxylic acids is 1. The molecule has 0 aliphatic carbocycles. The number of carbonyl (C=O) groups is 2. The van der Waals surface area contributed by atoms with Crippen LogP contribution in [0.15, 0.2) is 47.4 Å². The van der Waals surface area contributed by atoms with Gasteiger partial charge in [0.05, 0.1) is 23.3 Å². The van der Waals surface area contributed by atoms with Gasteiger partial charge in [-0.25, -0.2) is 13.9 Å². The molecule has 0 saturated carbocycles. The number of nitrogens with one attached hydrogen (secondary N) is 1. The second-order valence-electron chi connectivity index (χ2n) is 5.49. The number of rotatable bonds is 7. The van der Waals surface area contributed by atoms with Crippen LogP contribution in [0.4, 0.5) is 5.69 Å². The van der Waals surface area contributed by atoms with Crippen LogP contribution < -0.4 is 14.5 Å². The fourth-order valence-corrected chi connectivity index (χ4v) is 4.01. The molecule has 10 heteroatoms. The van der Waals surface area contributed by atoms with Crippen molar-refractivity contribution in [1.29, 1.82) is 0 Å². The normalized spacial score (nSPS) is 10.9. The van der Waals surface area contributed by atoms with Crippen LogP contribution in [0, 0.1) is 6.92 Å². The average molecular weight is 394 g/mol. The molecule has 2 rings (SSSR count). The van der Waals surface area contributed by atoms with Crippen LogP contribution in [-0.2, 0) is 14.8 Å². The highest BCUT2D eigenvalue weighted by molar-refractivity contribution is 7.92. The van der Waals surface area contributed by atoms with Gasteiger partial charge in [-0.05, 0) is 42.8 Å². The molecule has 0 saturated heterocycles. The summed E-state index contributed by atoms with van der Waals surface area (Å²) in [5, 5.41) is 18.2. The van der Waals surface area contributed by atoms with Crippen molar-refractivity contribution >= 4 is 27.6 Å². The Bertz CT molecular complexity index is 956. The Morgan fingerprint density at radius 3 is 2.30 bits per heavy atom. The Morgan fingerprint density at radius 1 is 1.15 bits per heavy atom. The third-order valence-corrected chi connectivity index (χ3v) is 5.52. The minimum absolute atomic E-state index is 0.137. The summed E-state index contributed by atoms with van der Waals surface area (Å²) in [5.74, 6) is -1.95. The van der Waals surface area contributed by atoms with Crippen LogP contribution in [0.1, 0.15) is 15.9 Å². The summed E-state index contributed by atoms with van der Waals surface area (Å²) in [4.78, 5) is 23.1. The average Bonchev–Trinajstić information content (AvgIpc) is 2.65.